The van der Waals surface area contributed by atoms with Gasteiger partial charge in [0, 0.05) is 16.6 Å². The number of unbranched alkanes of at least 4 members (excludes halogenated alkanes) is 1. The van der Waals surface area contributed by atoms with E-state index in [4.69, 9.17) is 11.6 Å². The van der Waals surface area contributed by atoms with Gasteiger partial charge in [-0.25, -0.2) is 14.6 Å². The molecule has 0 unspecified atom stereocenters. The van der Waals surface area contributed by atoms with E-state index in [1.165, 1.54) is 18.2 Å². The van der Waals surface area contributed by atoms with Crippen LogP contribution >= 0.6 is 22.9 Å². The standard InChI is InChI=1S/C14H15ClFN3O2S/c1-2-3-6-17-14(21)19-18-13(20)12-11(15)9-5-4-8(16)7-10(9)22-12/h4-5,7H,2-3,6H2,1H3,(H,18,20)(H2,17,19,21). The number of halogens is 2. The van der Waals surface area contributed by atoms with Crippen LogP contribution in [0.4, 0.5) is 9.18 Å². The number of fused-ring (bicyclic) bond motifs is 1. The molecular weight excluding hydrogens is 329 g/mol. The molecule has 0 spiro atoms. The van der Waals surface area contributed by atoms with Crippen LogP contribution in [0.1, 0.15) is 29.4 Å². The van der Waals surface area contributed by atoms with Gasteiger partial charge in [-0.15, -0.1) is 11.3 Å². The zero-order valence-corrected chi connectivity index (χ0v) is 13.4. The van der Waals surface area contributed by atoms with Crippen molar-refractivity contribution in [2.75, 3.05) is 6.54 Å². The lowest BCUT2D eigenvalue weighted by Crippen LogP contribution is -2.47. The van der Waals surface area contributed by atoms with Crippen molar-refractivity contribution in [2.24, 2.45) is 0 Å². The average Bonchev–Trinajstić information content (AvgIpc) is 2.81. The monoisotopic (exact) mass is 343 g/mol. The van der Waals surface area contributed by atoms with Crippen LogP contribution in [0.15, 0.2) is 18.2 Å². The first-order valence-electron chi connectivity index (χ1n) is 6.74. The zero-order chi connectivity index (χ0) is 16.1. The first-order chi connectivity index (χ1) is 10.5. The molecule has 118 valence electrons. The smallest absolute Gasteiger partial charge is 0.333 e. The van der Waals surface area contributed by atoms with E-state index in [2.05, 4.69) is 16.2 Å². The van der Waals surface area contributed by atoms with E-state index in [-0.39, 0.29) is 9.90 Å². The number of urea groups is 1. The van der Waals surface area contributed by atoms with Crippen molar-refractivity contribution in [3.05, 3.63) is 33.9 Å². The Labute approximate surface area is 135 Å². The highest BCUT2D eigenvalue weighted by molar-refractivity contribution is 7.21. The van der Waals surface area contributed by atoms with Gasteiger partial charge in [0.2, 0.25) is 0 Å². The second-order valence-corrected chi connectivity index (χ2v) is 6.00. The lowest BCUT2D eigenvalue weighted by Gasteiger charge is -2.07. The first-order valence-corrected chi connectivity index (χ1v) is 7.94. The highest BCUT2D eigenvalue weighted by Gasteiger charge is 2.17. The molecule has 0 atom stereocenters. The van der Waals surface area contributed by atoms with Crippen LogP contribution in [0, 0.1) is 5.82 Å². The molecule has 0 saturated carbocycles. The molecule has 22 heavy (non-hydrogen) atoms. The van der Waals surface area contributed by atoms with Gasteiger partial charge in [-0.2, -0.15) is 0 Å². The predicted molar refractivity (Wildman–Crippen MR) is 85.7 cm³/mol. The fraction of sp³-hybridized carbons (Fsp3) is 0.286. The Balaban J connectivity index is 2.01. The maximum absolute atomic E-state index is 13.2. The average molecular weight is 344 g/mol. The molecule has 0 bridgehead atoms. The number of rotatable bonds is 4. The summed E-state index contributed by atoms with van der Waals surface area (Å²) in [6, 6.07) is 3.62. The topological polar surface area (TPSA) is 70.2 Å². The van der Waals surface area contributed by atoms with Crippen LogP contribution in [-0.2, 0) is 0 Å². The second kappa shape index (κ2) is 7.42. The summed E-state index contributed by atoms with van der Waals surface area (Å²) < 4.78 is 13.7. The maximum Gasteiger partial charge on any atom is 0.333 e. The van der Waals surface area contributed by atoms with E-state index in [0.29, 0.717) is 16.6 Å². The Morgan fingerprint density at radius 1 is 1.32 bits per heavy atom. The highest BCUT2D eigenvalue weighted by Crippen LogP contribution is 2.35. The summed E-state index contributed by atoms with van der Waals surface area (Å²) in [5.74, 6) is -0.942. The Morgan fingerprint density at radius 3 is 2.82 bits per heavy atom. The number of carbonyl (C=O) groups is 2. The van der Waals surface area contributed by atoms with Crippen LogP contribution in [0.5, 0.6) is 0 Å². The number of benzene rings is 1. The van der Waals surface area contributed by atoms with Gasteiger partial charge in [0.15, 0.2) is 0 Å². The van der Waals surface area contributed by atoms with Crippen LogP contribution in [0.25, 0.3) is 10.1 Å². The van der Waals surface area contributed by atoms with Crippen LogP contribution < -0.4 is 16.2 Å². The molecular formula is C14H15ClFN3O2S. The van der Waals surface area contributed by atoms with E-state index in [0.717, 1.165) is 24.2 Å². The van der Waals surface area contributed by atoms with Gasteiger partial charge in [0.1, 0.15) is 10.7 Å². The molecule has 3 N–H and O–H groups in total. The number of nitrogens with one attached hydrogen (secondary N) is 3. The van der Waals surface area contributed by atoms with Crippen molar-refractivity contribution in [1.82, 2.24) is 16.2 Å². The molecule has 0 fully saturated rings. The molecule has 5 nitrogen and oxygen atoms in total. The fourth-order valence-corrected chi connectivity index (χ4v) is 3.22. The fourth-order valence-electron chi connectivity index (χ4n) is 1.78. The van der Waals surface area contributed by atoms with Crippen molar-refractivity contribution in [1.29, 1.82) is 0 Å². The molecule has 3 amide bonds. The number of hydrogen-bond donors (Lipinski definition) is 3. The Bertz CT molecular complexity index is 705. The van der Waals surface area contributed by atoms with Gasteiger partial charge < -0.3 is 5.32 Å². The van der Waals surface area contributed by atoms with Gasteiger partial charge in [-0.05, 0) is 24.6 Å². The maximum atomic E-state index is 13.2. The van der Waals surface area contributed by atoms with Crippen LogP contribution in [0.2, 0.25) is 5.02 Å². The van der Waals surface area contributed by atoms with Crippen molar-refractivity contribution in [3.8, 4) is 0 Å². The quantitative estimate of drug-likeness (QED) is 0.588. The number of carbonyl (C=O) groups excluding carboxylic acids is 2. The summed E-state index contributed by atoms with van der Waals surface area (Å²) in [7, 11) is 0. The first kappa shape index (κ1) is 16.5. The van der Waals surface area contributed by atoms with Crippen molar-refractivity contribution in [3.63, 3.8) is 0 Å². The third kappa shape index (κ3) is 3.86. The third-order valence-corrected chi connectivity index (χ3v) is 4.56. The van der Waals surface area contributed by atoms with Gasteiger partial charge in [-0.3, -0.25) is 10.2 Å². The summed E-state index contributed by atoms with van der Waals surface area (Å²) in [5.41, 5.74) is 4.52. The van der Waals surface area contributed by atoms with Crippen LogP contribution in [0.3, 0.4) is 0 Å². The van der Waals surface area contributed by atoms with Crippen molar-refractivity contribution >= 4 is 45.0 Å². The minimum Gasteiger partial charge on any atom is -0.337 e. The molecule has 8 heteroatoms. The van der Waals surface area contributed by atoms with E-state index in [9.17, 15) is 14.0 Å². The molecule has 0 aliphatic carbocycles. The molecule has 1 aromatic heterocycles. The van der Waals surface area contributed by atoms with E-state index in [1.54, 1.807) is 0 Å². The zero-order valence-electron chi connectivity index (χ0n) is 11.8. The number of hydrogen-bond acceptors (Lipinski definition) is 3. The van der Waals surface area contributed by atoms with Crippen molar-refractivity contribution in [2.45, 2.75) is 19.8 Å². The lowest BCUT2D eigenvalue weighted by atomic mass is 10.2. The molecule has 0 aliphatic heterocycles. The molecule has 1 aromatic carbocycles. The summed E-state index contributed by atoms with van der Waals surface area (Å²) >= 11 is 7.18. The molecule has 1 heterocycles. The Kier molecular flexibility index (Phi) is 5.57. The van der Waals surface area contributed by atoms with E-state index in [1.807, 2.05) is 6.92 Å². The molecule has 2 rings (SSSR count). The summed E-state index contributed by atoms with van der Waals surface area (Å²) in [4.78, 5) is 23.7. The minimum atomic E-state index is -0.544. The van der Waals surface area contributed by atoms with Crippen molar-refractivity contribution < 1.29 is 14.0 Å². The number of hydrazine groups is 1. The summed E-state index contributed by atoms with van der Waals surface area (Å²) in [6.45, 7) is 2.54. The van der Waals surface area contributed by atoms with Gasteiger partial charge in [0.25, 0.3) is 5.91 Å². The van der Waals surface area contributed by atoms with Gasteiger partial charge >= 0.3 is 6.03 Å². The molecule has 0 aliphatic rings. The van der Waals surface area contributed by atoms with Gasteiger partial charge in [-0.1, -0.05) is 24.9 Å². The Hall–Kier alpha value is -1.86. The van der Waals surface area contributed by atoms with E-state index >= 15 is 0 Å². The number of thiophene rings is 1. The van der Waals surface area contributed by atoms with Gasteiger partial charge in [0.05, 0.1) is 5.02 Å². The molecule has 2 aromatic rings. The Morgan fingerprint density at radius 2 is 2.09 bits per heavy atom. The van der Waals surface area contributed by atoms with E-state index < -0.39 is 17.8 Å². The SMILES string of the molecule is CCCCNC(=O)NNC(=O)c1sc2cc(F)ccc2c1Cl. The second-order valence-electron chi connectivity index (χ2n) is 4.57. The number of amides is 3. The minimum absolute atomic E-state index is 0.219. The highest BCUT2D eigenvalue weighted by atomic mass is 35.5. The molecule has 0 saturated heterocycles. The largest absolute Gasteiger partial charge is 0.337 e. The third-order valence-electron chi connectivity index (χ3n) is 2.90. The normalized spacial score (nSPS) is 10.5. The molecule has 0 radical (unpaired) electrons. The summed E-state index contributed by atoms with van der Waals surface area (Å²) in [6.07, 6.45) is 1.82. The predicted octanol–water partition coefficient (Wildman–Crippen LogP) is 3.44. The lowest BCUT2D eigenvalue weighted by molar-refractivity contribution is 0.0940. The summed E-state index contributed by atoms with van der Waals surface area (Å²) in [5, 5.41) is 3.44. The van der Waals surface area contributed by atoms with Crippen LogP contribution in [-0.4, -0.2) is 18.5 Å².